The quantitative estimate of drug-likeness (QED) is 0.781. The van der Waals surface area contributed by atoms with Gasteiger partial charge in [-0.1, -0.05) is 46.8 Å². The van der Waals surface area contributed by atoms with Crippen LogP contribution in [0.15, 0.2) is 24.3 Å². The summed E-state index contributed by atoms with van der Waals surface area (Å²) in [6.07, 6.45) is 4.95. The molecule has 0 radical (unpaired) electrons. The Bertz CT molecular complexity index is 464. The van der Waals surface area contributed by atoms with Crippen molar-refractivity contribution in [1.82, 2.24) is 5.32 Å². The Balaban J connectivity index is 1.84. The Morgan fingerprint density at radius 1 is 1.00 bits per heavy atom. The van der Waals surface area contributed by atoms with Crippen molar-refractivity contribution in [3.05, 3.63) is 29.8 Å². The van der Waals surface area contributed by atoms with Crippen molar-refractivity contribution in [1.29, 1.82) is 0 Å². The van der Waals surface area contributed by atoms with Gasteiger partial charge in [0.1, 0.15) is 5.75 Å². The fourth-order valence-corrected chi connectivity index (χ4v) is 3.94. The van der Waals surface area contributed by atoms with Crippen molar-refractivity contribution in [2.75, 3.05) is 19.7 Å². The van der Waals surface area contributed by atoms with Gasteiger partial charge in [-0.3, -0.25) is 0 Å². The summed E-state index contributed by atoms with van der Waals surface area (Å²) < 4.78 is 5.96. The molecule has 1 aromatic carbocycles. The SMILES string of the molecule is CC(C)(C)CC(C)(C)c1ccc(OCCC2CCNCC2)cc1. The second-order valence-corrected chi connectivity index (χ2v) is 8.98. The number of rotatable bonds is 6. The van der Waals surface area contributed by atoms with Crippen LogP contribution in [0.2, 0.25) is 0 Å². The zero-order chi connectivity index (χ0) is 16.9. The molecule has 1 heterocycles. The smallest absolute Gasteiger partial charge is 0.119 e. The number of piperidine rings is 1. The minimum Gasteiger partial charge on any atom is -0.494 e. The van der Waals surface area contributed by atoms with E-state index < -0.39 is 0 Å². The Hall–Kier alpha value is -1.02. The fourth-order valence-electron chi connectivity index (χ4n) is 3.94. The maximum Gasteiger partial charge on any atom is 0.119 e. The van der Waals surface area contributed by atoms with E-state index in [1.807, 2.05) is 0 Å². The molecule has 0 saturated carbocycles. The molecule has 0 amide bonds. The number of nitrogens with one attached hydrogen (secondary N) is 1. The van der Waals surface area contributed by atoms with Gasteiger partial charge in [0.15, 0.2) is 0 Å². The molecule has 2 rings (SSSR count). The van der Waals surface area contributed by atoms with Crippen LogP contribution in [0.3, 0.4) is 0 Å². The summed E-state index contributed by atoms with van der Waals surface area (Å²) in [6.45, 7) is 14.8. The lowest BCUT2D eigenvalue weighted by molar-refractivity contribution is 0.251. The molecule has 1 aromatic rings. The summed E-state index contributed by atoms with van der Waals surface area (Å²) in [5.41, 5.74) is 1.94. The number of hydrogen-bond acceptors (Lipinski definition) is 2. The standard InChI is InChI=1S/C21H35NO/c1-20(2,3)16-21(4,5)18-6-8-19(9-7-18)23-15-12-17-10-13-22-14-11-17/h6-9,17,22H,10-16H2,1-5H3. The van der Waals surface area contributed by atoms with Crippen molar-refractivity contribution in [3.63, 3.8) is 0 Å². The summed E-state index contributed by atoms with van der Waals surface area (Å²) in [6, 6.07) is 8.77. The summed E-state index contributed by atoms with van der Waals surface area (Å²) >= 11 is 0. The molecule has 0 aromatic heterocycles. The van der Waals surface area contributed by atoms with Crippen molar-refractivity contribution in [2.45, 2.75) is 65.7 Å². The van der Waals surface area contributed by atoms with Gasteiger partial charge in [-0.15, -0.1) is 0 Å². The molecule has 23 heavy (non-hydrogen) atoms. The molecule has 0 bridgehead atoms. The van der Waals surface area contributed by atoms with Gasteiger partial charge in [0.25, 0.3) is 0 Å². The average Bonchev–Trinajstić information content (AvgIpc) is 2.46. The Labute approximate surface area is 143 Å². The summed E-state index contributed by atoms with van der Waals surface area (Å²) in [5, 5.41) is 3.42. The van der Waals surface area contributed by atoms with E-state index in [0.717, 1.165) is 18.3 Å². The third-order valence-electron chi connectivity index (χ3n) is 4.86. The molecule has 0 spiro atoms. The normalized spacial score (nSPS) is 17.3. The van der Waals surface area contributed by atoms with Crippen LogP contribution in [0, 0.1) is 11.3 Å². The molecule has 0 atom stereocenters. The van der Waals surface area contributed by atoms with E-state index in [9.17, 15) is 0 Å². The van der Waals surface area contributed by atoms with E-state index in [1.54, 1.807) is 0 Å². The first kappa shape index (κ1) is 18.3. The molecule has 2 nitrogen and oxygen atoms in total. The van der Waals surface area contributed by atoms with Gasteiger partial charge < -0.3 is 10.1 Å². The van der Waals surface area contributed by atoms with Crippen molar-refractivity contribution in [2.24, 2.45) is 11.3 Å². The average molecular weight is 318 g/mol. The zero-order valence-electron chi connectivity index (χ0n) is 15.7. The third kappa shape index (κ3) is 6.18. The fraction of sp³-hybridized carbons (Fsp3) is 0.714. The summed E-state index contributed by atoms with van der Waals surface area (Å²) in [5.74, 6) is 1.84. The van der Waals surface area contributed by atoms with Gasteiger partial charge in [-0.25, -0.2) is 0 Å². The van der Waals surface area contributed by atoms with Crippen LogP contribution in [0.25, 0.3) is 0 Å². The molecule has 1 saturated heterocycles. The number of benzene rings is 1. The maximum absolute atomic E-state index is 5.96. The monoisotopic (exact) mass is 317 g/mol. The van der Waals surface area contributed by atoms with Crippen molar-refractivity contribution >= 4 is 0 Å². The van der Waals surface area contributed by atoms with E-state index in [2.05, 4.69) is 64.2 Å². The van der Waals surface area contributed by atoms with Crippen LogP contribution in [0.4, 0.5) is 0 Å². The van der Waals surface area contributed by atoms with Gasteiger partial charge in [-0.05, 0) is 73.2 Å². The molecular formula is C21H35NO. The van der Waals surface area contributed by atoms with E-state index >= 15 is 0 Å². The molecule has 1 aliphatic rings. The summed E-state index contributed by atoms with van der Waals surface area (Å²) in [4.78, 5) is 0. The molecule has 130 valence electrons. The molecular weight excluding hydrogens is 282 g/mol. The first-order chi connectivity index (χ1) is 10.8. The highest BCUT2D eigenvalue weighted by atomic mass is 16.5. The van der Waals surface area contributed by atoms with E-state index in [0.29, 0.717) is 5.41 Å². The lowest BCUT2D eigenvalue weighted by atomic mass is 9.72. The Morgan fingerprint density at radius 2 is 1.61 bits per heavy atom. The molecule has 1 aliphatic heterocycles. The molecule has 1 N–H and O–H groups in total. The zero-order valence-corrected chi connectivity index (χ0v) is 15.7. The van der Waals surface area contributed by atoms with Gasteiger partial charge in [0.2, 0.25) is 0 Å². The summed E-state index contributed by atoms with van der Waals surface area (Å²) in [7, 11) is 0. The molecule has 0 unspecified atom stereocenters. The van der Waals surface area contributed by atoms with E-state index in [-0.39, 0.29) is 5.41 Å². The van der Waals surface area contributed by atoms with Crippen LogP contribution in [0.5, 0.6) is 5.75 Å². The van der Waals surface area contributed by atoms with Crippen molar-refractivity contribution in [3.8, 4) is 5.75 Å². The van der Waals surface area contributed by atoms with Crippen LogP contribution in [0.1, 0.15) is 65.9 Å². The van der Waals surface area contributed by atoms with Crippen LogP contribution < -0.4 is 10.1 Å². The molecule has 2 heteroatoms. The second kappa shape index (κ2) is 7.70. The first-order valence-corrected chi connectivity index (χ1v) is 9.20. The van der Waals surface area contributed by atoms with Gasteiger partial charge >= 0.3 is 0 Å². The molecule has 0 aliphatic carbocycles. The molecule has 1 fully saturated rings. The lowest BCUT2D eigenvalue weighted by Gasteiger charge is -2.33. The predicted octanol–water partition coefficient (Wildman–Crippen LogP) is 5.17. The second-order valence-electron chi connectivity index (χ2n) is 8.98. The lowest BCUT2D eigenvalue weighted by Crippen LogP contribution is -2.28. The van der Waals surface area contributed by atoms with E-state index in [4.69, 9.17) is 4.74 Å². The number of ether oxygens (including phenoxy) is 1. The highest BCUT2D eigenvalue weighted by molar-refractivity contribution is 5.31. The van der Waals surface area contributed by atoms with Crippen molar-refractivity contribution < 1.29 is 4.74 Å². The maximum atomic E-state index is 5.96. The minimum absolute atomic E-state index is 0.200. The van der Waals surface area contributed by atoms with Gasteiger partial charge in [-0.2, -0.15) is 0 Å². The Kier molecular flexibility index (Phi) is 6.13. The topological polar surface area (TPSA) is 21.3 Å². The highest BCUT2D eigenvalue weighted by Crippen LogP contribution is 2.36. The third-order valence-corrected chi connectivity index (χ3v) is 4.86. The van der Waals surface area contributed by atoms with Crippen LogP contribution in [-0.2, 0) is 5.41 Å². The van der Waals surface area contributed by atoms with Gasteiger partial charge in [0, 0.05) is 0 Å². The minimum atomic E-state index is 0.200. The first-order valence-electron chi connectivity index (χ1n) is 9.20. The van der Waals surface area contributed by atoms with Gasteiger partial charge in [0.05, 0.1) is 6.61 Å². The Morgan fingerprint density at radius 3 is 2.17 bits per heavy atom. The van der Waals surface area contributed by atoms with Crippen LogP contribution in [-0.4, -0.2) is 19.7 Å². The van der Waals surface area contributed by atoms with E-state index in [1.165, 1.54) is 44.3 Å². The highest BCUT2D eigenvalue weighted by Gasteiger charge is 2.27. The predicted molar refractivity (Wildman–Crippen MR) is 99.2 cm³/mol. The largest absolute Gasteiger partial charge is 0.494 e. The number of hydrogen-bond donors (Lipinski definition) is 1. The van der Waals surface area contributed by atoms with Crippen LogP contribution >= 0.6 is 0 Å².